The first kappa shape index (κ1) is 15.8. The highest BCUT2D eigenvalue weighted by Gasteiger charge is 2.31. The van der Waals surface area contributed by atoms with Crippen LogP contribution in [0.3, 0.4) is 0 Å². The number of benzene rings is 1. The highest BCUT2D eigenvalue weighted by atomic mass is 16.6. The lowest BCUT2D eigenvalue weighted by molar-refractivity contribution is -0.486. The fourth-order valence-corrected chi connectivity index (χ4v) is 2.14. The Bertz CT molecular complexity index is 508. The Labute approximate surface area is 117 Å². The summed E-state index contributed by atoms with van der Waals surface area (Å²) in [6.45, 7) is 2.14. The van der Waals surface area contributed by atoms with E-state index < -0.39 is 23.3 Å². The van der Waals surface area contributed by atoms with Gasteiger partial charge < -0.3 is 0 Å². The Morgan fingerprint density at radius 3 is 2.20 bits per heavy atom. The Balaban J connectivity index is 3.00. The SMILES string of the molecule is CC(=O)C(C(C)=O)[C@@H](/C=C/c1ccccc1)C[N+](=O)[O-]. The van der Waals surface area contributed by atoms with Gasteiger partial charge in [-0.3, -0.25) is 19.7 Å². The first-order chi connectivity index (χ1) is 9.41. The van der Waals surface area contributed by atoms with E-state index in [0.29, 0.717) is 0 Å². The molecule has 0 aromatic heterocycles. The topological polar surface area (TPSA) is 77.3 Å². The number of rotatable bonds is 7. The van der Waals surface area contributed by atoms with Gasteiger partial charge in [-0.05, 0) is 19.4 Å². The molecule has 106 valence electrons. The van der Waals surface area contributed by atoms with Crippen molar-refractivity contribution in [1.82, 2.24) is 0 Å². The predicted octanol–water partition coefficient (Wildman–Crippen LogP) is 2.39. The molecule has 0 heterocycles. The molecule has 0 fully saturated rings. The van der Waals surface area contributed by atoms with Crippen LogP contribution in [0.25, 0.3) is 6.08 Å². The minimum absolute atomic E-state index is 0.345. The summed E-state index contributed by atoms with van der Waals surface area (Å²) in [7, 11) is 0. The van der Waals surface area contributed by atoms with Crippen LogP contribution >= 0.6 is 0 Å². The van der Waals surface area contributed by atoms with Gasteiger partial charge in [0.25, 0.3) is 0 Å². The number of ketones is 2. The fraction of sp³-hybridized carbons (Fsp3) is 0.333. The molecule has 0 aliphatic rings. The van der Waals surface area contributed by atoms with Gasteiger partial charge in [0.2, 0.25) is 6.54 Å². The summed E-state index contributed by atoms with van der Waals surface area (Å²) in [4.78, 5) is 33.3. The van der Waals surface area contributed by atoms with Crippen molar-refractivity contribution in [2.75, 3.05) is 6.54 Å². The van der Waals surface area contributed by atoms with E-state index in [9.17, 15) is 19.7 Å². The van der Waals surface area contributed by atoms with Crippen LogP contribution in [-0.4, -0.2) is 23.0 Å². The second-order valence-corrected chi connectivity index (χ2v) is 4.65. The number of nitro groups is 1. The summed E-state index contributed by atoms with van der Waals surface area (Å²) < 4.78 is 0. The standard InChI is InChI=1S/C15H17NO4/c1-11(17)15(12(2)18)14(10-16(19)20)9-8-13-6-4-3-5-7-13/h3-9,14-15H,10H2,1-2H3/b9-8+/t14-/m0/s1. The smallest absolute Gasteiger partial charge is 0.211 e. The maximum Gasteiger partial charge on any atom is 0.211 e. The molecule has 1 aromatic carbocycles. The predicted molar refractivity (Wildman–Crippen MR) is 75.7 cm³/mol. The normalized spacial score (nSPS) is 12.6. The van der Waals surface area contributed by atoms with Crippen molar-refractivity contribution in [3.05, 3.63) is 52.1 Å². The van der Waals surface area contributed by atoms with Crippen LogP contribution in [0.1, 0.15) is 19.4 Å². The van der Waals surface area contributed by atoms with Crippen LogP contribution in [-0.2, 0) is 9.59 Å². The first-order valence-electron chi connectivity index (χ1n) is 6.27. The molecule has 0 aliphatic carbocycles. The van der Waals surface area contributed by atoms with Crippen molar-refractivity contribution in [2.45, 2.75) is 13.8 Å². The summed E-state index contributed by atoms with van der Waals surface area (Å²) in [5.74, 6) is -2.37. The van der Waals surface area contributed by atoms with E-state index in [2.05, 4.69) is 0 Å². The van der Waals surface area contributed by atoms with E-state index in [1.807, 2.05) is 30.3 Å². The zero-order chi connectivity index (χ0) is 15.1. The van der Waals surface area contributed by atoms with E-state index >= 15 is 0 Å². The average molecular weight is 275 g/mol. The molecule has 20 heavy (non-hydrogen) atoms. The summed E-state index contributed by atoms with van der Waals surface area (Å²) in [5.41, 5.74) is 0.867. The summed E-state index contributed by atoms with van der Waals surface area (Å²) in [5, 5.41) is 10.7. The Morgan fingerprint density at radius 2 is 1.75 bits per heavy atom. The summed E-state index contributed by atoms with van der Waals surface area (Å²) in [6.07, 6.45) is 3.28. The zero-order valence-electron chi connectivity index (χ0n) is 11.5. The molecule has 0 saturated carbocycles. The molecule has 0 bridgehead atoms. The maximum absolute atomic E-state index is 11.5. The minimum atomic E-state index is -0.958. The van der Waals surface area contributed by atoms with Crippen LogP contribution < -0.4 is 0 Å². The van der Waals surface area contributed by atoms with E-state index in [0.717, 1.165) is 5.56 Å². The van der Waals surface area contributed by atoms with Crippen molar-refractivity contribution in [3.63, 3.8) is 0 Å². The van der Waals surface area contributed by atoms with E-state index in [4.69, 9.17) is 0 Å². The molecule has 5 heteroatoms. The summed E-state index contributed by atoms with van der Waals surface area (Å²) >= 11 is 0. The fourth-order valence-electron chi connectivity index (χ4n) is 2.14. The third-order valence-electron chi connectivity index (χ3n) is 3.00. The van der Waals surface area contributed by atoms with Crippen LogP contribution in [0, 0.1) is 22.0 Å². The third kappa shape index (κ3) is 4.76. The van der Waals surface area contributed by atoms with Gasteiger partial charge in [-0.2, -0.15) is 0 Å². The molecule has 0 N–H and O–H groups in total. The van der Waals surface area contributed by atoms with Gasteiger partial charge in [0.15, 0.2) is 0 Å². The monoisotopic (exact) mass is 275 g/mol. The van der Waals surface area contributed by atoms with Crippen molar-refractivity contribution < 1.29 is 14.5 Å². The molecular weight excluding hydrogens is 258 g/mol. The van der Waals surface area contributed by atoms with Crippen molar-refractivity contribution >= 4 is 17.6 Å². The molecular formula is C15H17NO4. The quantitative estimate of drug-likeness (QED) is 0.435. The number of Topliss-reactive ketones (excluding diaryl/α,β-unsaturated/α-hetero) is 2. The lowest BCUT2D eigenvalue weighted by Crippen LogP contribution is -2.31. The number of carbonyl (C=O) groups is 2. The molecule has 5 nitrogen and oxygen atoms in total. The number of carbonyl (C=O) groups excluding carboxylic acids is 2. The second kappa shape index (κ2) is 7.33. The van der Waals surface area contributed by atoms with Gasteiger partial charge in [0.05, 0.1) is 11.8 Å². The highest BCUT2D eigenvalue weighted by Crippen LogP contribution is 2.18. The van der Waals surface area contributed by atoms with Crippen molar-refractivity contribution in [3.8, 4) is 0 Å². The molecule has 0 spiro atoms. The zero-order valence-corrected chi connectivity index (χ0v) is 11.5. The number of hydrogen-bond acceptors (Lipinski definition) is 4. The van der Waals surface area contributed by atoms with Gasteiger partial charge in [0, 0.05) is 4.92 Å². The van der Waals surface area contributed by atoms with Crippen LogP contribution in [0.2, 0.25) is 0 Å². The van der Waals surface area contributed by atoms with Gasteiger partial charge in [0.1, 0.15) is 11.6 Å². The van der Waals surface area contributed by atoms with Crippen LogP contribution in [0.5, 0.6) is 0 Å². The van der Waals surface area contributed by atoms with Crippen molar-refractivity contribution in [2.24, 2.45) is 11.8 Å². The summed E-state index contributed by atoms with van der Waals surface area (Å²) in [6, 6.07) is 9.23. The molecule has 0 unspecified atom stereocenters. The Hall–Kier alpha value is -2.30. The lowest BCUT2D eigenvalue weighted by Gasteiger charge is -2.16. The van der Waals surface area contributed by atoms with Gasteiger partial charge in [-0.1, -0.05) is 42.5 Å². The number of hydrogen-bond donors (Lipinski definition) is 0. The van der Waals surface area contributed by atoms with Crippen LogP contribution in [0.4, 0.5) is 0 Å². The lowest BCUT2D eigenvalue weighted by atomic mass is 9.85. The number of nitrogens with zero attached hydrogens (tertiary/aromatic N) is 1. The van der Waals surface area contributed by atoms with E-state index in [-0.39, 0.29) is 11.6 Å². The van der Waals surface area contributed by atoms with E-state index in [1.54, 1.807) is 12.2 Å². The minimum Gasteiger partial charge on any atom is -0.299 e. The molecule has 0 radical (unpaired) electrons. The molecule has 1 aromatic rings. The molecule has 0 saturated heterocycles. The van der Waals surface area contributed by atoms with Gasteiger partial charge >= 0.3 is 0 Å². The average Bonchev–Trinajstić information content (AvgIpc) is 2.35. The van der Waals surface area contributed by atoms with Gasteiger partial charge in [-0.15, -0.1) is 0 Å². The Kier molecular flexibility index (Phi) is 5.77. The largest absolute Gasteiger partial charge is 0.299 e. The van der Waals surface area contributed by atoms with Gasteiger partial charge in [-0.25, -0.2) is 0 Å². The van der Waals surface area contributed by atoms with Crippen molar-refractivity contribution in [1.29, 1.82) is 0 Å². The van der Waals surface area contributed by atoms with Crippen LogP contribution in [0.15, 0.2) is 36.4 Å². The highest BCUT2D eigenvalue weighted by molar-refractivity contribution is 6.00. The first-order valence-corrected chi connectivity index (χ1v) is 6.27. The van der Waals surface area contributed by atoms with E-state index in [1.165, 1.54) is 13.8 Å². The maximum atomic E-state index is 11.5. The third-order valence-corrected chi connectivity index (χ3v) is 3.00. The molecule has 0 aliphatic heterocycles. The molecule has 0 amide bonds. The Morgan fingerprint density at radius 1 is 1.20 bits per heavy atom. The molecule has 1 rings (SSSR count). The molecule has 1 atom stereocenters. The second-order valence-electron chi connectivity index (χ2n) is 4.65.